The van der Waals surface area contributed by atoms with Gasteiger partial charge in [0.2, 0.25) is 0 Å². The minimum absolute atomic E-state index is 0.253. The van der Waals surface area contributed by atoms with Crippen LogP contribution in [0.5, 0.6) is 11.5 Å². The molecular formula is C21H22O4. The molecule has 0 aliphatic heterocycles. The average Bonchev–Trinajstić information content (AvgIpc) is 2.65. The Hall–Kier alpha value is -2.88. The monoisotopic (exact) mass is 338 g/mol. The second-order valence-electron chi connectivity index (χ2n) is 5.51. The van der Waals surface area contributed by atoms with E-state index in [1.54, 1.807) is 24.3 Å². The Labute approximate surface area is 148 Å². The lowest BCUT2D eigenvalue weighted by Gasteiger charge is -2.05. The molecule has 0 heterocycles. The number of unbranched alkanes of at least 4 members (excludes halogenated alkanes) is 2. The van der Waals surface area contributed by atoms with Crippen LogP contribution in [0.4, 0.5) is 0 Å². The summed E-state index contributed by atoms with van der Waals surface area (Å²) in [6.07, 6.45) is 5.33. The number of carbonyl (C=O) groups excluding carboxylic acids is 2. The Bertz CT molecular complexity index is 702. The number of esters is 1. The van der Waals surface area contributed by atoms with Crippen LogP contribution in [0.15, 0.2) is 66.7 Å². The van der Waals surface area contributed by atoms with Crippen LogP contribution < -0.4 is 4.74 Å². The predicted octanol–water partition coefficient (Wildman–Crippen LogP) is 4.95. The Morgan fingerprint density at radius 3 is 2.24 bits per heavy atom. The summed E-state index contributed by atoms with van der Waals surface area (Å²) in [6, 6.07) is 16.2. The van der Waals surface area contributed by atoms with Gasteiger partial charge in [0.05, 0.1) is 6.61 Å². The van der Waals surface area contributed by atoms with Gasteiger partial charge in [-0.1, -0.05) is 38.0 Å². The van der Waals surface area contributed by atoms with Gasteiger partial charge in [0.1, 0.15) is 11.5 Å². The number of allylic oxidation sites excluding steroid dienone is 1. The summed E-state index contributed by atoms with van der Waals surface area (Å²) in [4.78, 5) is 23.6. The van der Waals surface area contributed by atoms with Crippen LogP contribution in [-0.4, -0.2) is 18.4 Å². The minimum atomic E-state index is -0.492. The first-order chi connectivity index (χ1) is 12.2. The molecule has 0 N–H and O–H groups in total. The van der Waals surface area contributed by atoms with Crippen molar-refractivity contribution in [1.29, 1.82) is 0 Å². The zero-order valence-corrected chi connectivity index (χ0v) is 14.3. The van der Waals surface area contributed by atoms with E-state index in [0.29, 0.717) is 17.9 Å². The molecule has 0 aliphatic carbocycles. The lowest BCUT2D eigenvalue weighted by atomic mass is 10.1. The third kappa shape index (κ3) is 6.63. The van der Waals surface area contributed by atoms with E-state index in [2.05, 4.69) is 6.92 Å². The summed E-state index contributed by atoms with van der Waals surface area (Å²) < 4.78 is 10.7. The molecule has 0 spiro atoms. The zero-order chi connectivity index (χ0) is 17.9. The molecule has 0 unspecified atom stereocenters. The third-order valence-electron chi connectivity index (χ3n) is 3.48. The highest BCUT2D eigenvalue weighted by molar-refractivity contribution is 6.07. The van der Waals surface area contributed by atoms with Gasteiger partial charge in [-0.25, -0.2) is 4.79 Å². The van der Waals surface area contributed by atoms with Gasteiger partial charge in [0.25, 0.3) is 0 Å². The molecule has 130 valence electrons. The highest BCUT2D eigenvalue weighted by atomic mass is 16.5. The molecule has 4 nitrogen and oxygen atoms in total. The molecule has 25 heavy (non-hydrogen) atoms. The quantitative estimate of drug-likeness (QED) is 0.281. The van der Waals surface area contributed by atoms with Gasteiger partial charge in [0.15, 0.2) is 5.78 Å². The molecule has 0 saturated carbocycles. The highest BCUT2D eigenvalue weighted by Gasteiger charge is 2.04. The maximum atomic E-state index is 12.1. The second-order valence-corrected chi connectivity index (χ2v) is 5.51. The largest absolute Gasteiger partial charge is 0.463 e. The van der Waals surface area contributed by atoms with Gasteiger partial charge in [-0.3, -0.25) is 4.79 Å². The fourth-order valence-corrected chi connectivity index (χ4v) is 2.12. The Morgan fingerprint density at radius 1 is 0.880 bits per heavy atom. The lowest BCUT2D eigenvalue weighted by Crippen LogP contribution is -2.03. The van der Waals surface area contributed by atoms with E-state index >= 15 is 0 Å². The number of hydrogen-bond acceptors (Lipinski definition) is 4. The number of rotatable bonds is 9. The van der Waals surface area contributed by atoms with Crippen molar-refractivity contribution in [2.75, 3.05) is 6.61 Å². The summed E-state index contributed by atoms with van der Waals surface area (Å²) >= 11 is 0. The molecule has 0 atom stereocenters. The van der Waals surface area contributed by atoms with Crippen LogP contribution in [-0.2, 0) is 9.53 Å². The number of ketones is 1. The molecule has 0 saturated heterocycles. The smallest absolute Gasteiger partial charge is 0.330 e. The van der Waals surface area contributed by atoms with Crippen molar-refractivity contribution < 1.29 is 19.1 Å². The molecular weight excluding hydrogens is 316 g/mol. The normalized spacial score (nSPS) is 10.6. The zero-order valence-electron chi connectivity index (χ0n) is 14.3. The van der Waals surface area contributed by atoms with E-state index in [1.807, 2.05) is 30.3 Å². The second kappa shape index (κ2) is 10.1. The first-order valence-corrected chi connectivity index (χ1v) is 8.41. The molecule has 2 aromatic carbocycles. The first-order valence-electron chi connectivity index (χ1n) is 8.41. The van der Waals surface area contributed by atoms with Gasteiger partial charge in [-0.2, -0.15) is 0 Å². The minimum Gasteiger partial charge on any atom is -0.463 e. The van der Waals surface area contributed by atoms with E-state index in [-0.39, 0.29) is 5.78 Å². The van der Waals surface area contributed by atoms with E-state index in [1.165, 1.54) is 12.2 Å². The lowest BCUT2D eigenvalue weighted by molar-refractivity contribution is -0.137. The Balaban J connectivity index is 1.85. The summed E-state index contributed by atoms with van der Waals surface area (Å²) in [6.45, 7) is 2.47. The summed E-state index contributed by atoms with van der Waals surface area (Å²) in [5.41, 5.74) is 0.482. The summed E-state index contributed by atoms with van der Waals surface area (Å²) in [5.74, 6) is 0.625. The van der Waals surface area contributed by atoms with Crippen LogP contribution in [0.2, 0.25) is 0 Å². The highest BCUT2D eigenvalue weighted by Crippen LogP contribution is 2.21. The van der Waals surface area contributed by atoms with Crippen LogP contribution in [0.25, 0.3) is 0 Å². The van der Waals surface area contributed by atoms with Crippen LogP contribution in [0.3, 0.4) is 0 Å². The molecule has 2 rings (SSSR count). The van der Waals surface area contributed by atoms with Gasteiger partial charge in [0, 0.05) is 11.6 Å². The van der Waals surface area contributed by atoms with E-state index < -0.39 is 5.97 Å². The van der Waals surface area contributed by atoms with Gasteiger partial charge < -0.3 is 9.47 Å². The van der Waals surface area contributed by atoms with E-state index in [4.69, 9.17) is 9.47 Å². The molecule has 0 amide bonds. The molecule has 0 aliphatic rings. The molecule has 0 fully saturated rings. The molecule has 0 radical (unpaired) electrons. The van der Waals surface area contributed by atoms with E-state index in [0.717, 1.165) is 25.0 Å². The molecule has 0 aromatic heterocycles. The van der Waals surface area contributed by atoms with Crippen molar-refractivity contribution in [3.63, 3.8) is 0 Å². The van der Waals surface area contributed by atoms with Gasteiger partial charge >= 0.3 is 5.97 Å². The molecule has 2 aromatic rings. The molecule has 0 bridgehead atoms. The predicted molar refractivity (Wildman–Crippen MR) is 96.9 cm³/mol. The van der Waals surface area contributed by atoms with Crippen molar-refractivity contribution in [3.05, 3.63) is 72.3 Å². The number of hydrogen-bond donors (Lipinski definition) is 0. The summed E-state index contributed by atoms with van der Waals surface area (Å²) in [7, 11) is 0. The van der Waals surface area contributed by atoms with Crippen molar-refractivity contribution in [2.45, 2.75) is 26.2 Å². The summed E-state index contributed by atoms with van der Waals surface area (Å²) in [5, 5.41) is 0. The van der Waals surface area contributed by atoms with E-state index in [9.17, 15) is 9.59 Å². The van der Waals surface area contributed by atoms with Gasteiger partial charge in [-0.15, -0.1) is 0 Å². The Morgan fingerprint density at radius 2 is 1.56 bits per heavy atom. The standard InChI is InChI=1S/C21H22O4/c1-2-3-7-16-24-21(23)15-14-20(22)17-10-12-19(13-11-17)25-18-8-5-4-6-9-18/h4-6,8-15H,2-3,7,16H2,1H3/b15-14+. The van der Waals surface area contributed by atoms with Crippen molar-refractivity contribution in [3.8, 4) is 11.5 Å². The topological polar surface area (TPSA) is 52.6 Å². The maximum absolute atomic E-state index is 12.1. The van der Waals surface area contributed by atoms with Crippen molar-refractivity contribution in [2.24, 2.45) is 0 Å². The fourth-order valence-electron chi connectivity index (χ4n) is 2.12. The molecule has 4 heteroatoms. The van der Waals surface area contributed by atoms with Gasteiger partial charge in [-0.05, 0) is 48.9 Å². The number of benzene rings is 2. The Kier molecular flexibility index (Phi) is 7.44. The number of carbonyl (C=O) groups is 2. The SMILES string of the molecule is CCCCCOC(=O)/C=C/C(=O)c1ccc(Oc2ccccc2)cc1. The maximum Gasteiger partial charge on any atom is 0.330 e. The fraction of sp³-hybridized carbons (Fsp3) is 0.238. The van der Waals surface area contributed by atoms with Crippen LogP contribution in [0.1, 0.15) is 36.5 Å². The van der Waals surface area contributed by atoms with Crippen molar-refractivity contribution >= 4 is 11.8 Å². The third-order valence-corrected chi connectivity index (χ3v) is 3.48. The first kappa shape index (κ1) is 18.5. The van der Waals surface area contributed by atoms with Crippen LogP contribution in [0, 0.1) is 0 Å². The van der Waals surface area contributed by atoms with Crippen LogP contribution >= 0.6 is 0 Å². The average molecular weight is 338 g/mol. The van der Waals surface area contributed by atoms with Crippen molar-refractivity contribution in [1.82, 2.24) is 0 Å². The number of ether oxygens (including phenoxy) is 2. The number of para-hydroxylation sites is 1.